The molecule has 4 rings (SSSR count). The van der Waals surface area contributed by atoms with Crippen LogP contribution in [-0.4, -0.2) is 42.2 Å². The highest BCUT2D eigenvalue weighted by atomic mass is 16.5. The van der Waals surface area contributed by atoms with Crippen molar-refractivity contribution in [1.82, 2.24) is 30.1 Å². The summed E-state index contributed by atoms with van der Waals surface area (Å²) in [5, 5.41) is 13.5. The Morgan fingerprint density at radius 1 is 1.25 bits per heavy atom. The van der Waals surface area contributed by atoms with Gasteiger partial charge >= 0.3 is 0 Å². The lowest BCUT2D eigenvalue weighted by molar-refractivity contribution is 0.378. The molecule has 120 valence electrons. The van der Waals surface area contributed by atoms with E-state index in [0.29, 0.717) is 35.3 Å². The normalized spacial score (nSPS) is 11.0. The molecule has 9 heteroatoms. The molecule has 2 N–H and O–H groups in total. The summed E-state index contributed by atoms with van der Waals surface area (Å²) in [5.41, 5.74) is 2.02. The van der Waals surface area contributed by atoms with Gasteiger partial charge in [0.25, 0.3) is 0 Å². The van der Waals surface area contributed by atoms with Crippen LogP contribution in [0.2, 0.25) is 0 Å². The van der Waals surface area contributed by atoms with E-state index in [4.69, 9.17) is 4.52 Å². The quantitative estimate of drug-likeness (QED) is 0.583. The molecule has 0 bridgehead atoms. The molecule has 0 amide bonds. The highest BCUT2D eigenvalue weighted by Crippen LogP contribution is 2.22. The van der Waals surface area contributed by atoms with Crippen molar-refractivity contribution in [3.05, 3.63) is 42.8 Å². The number of nitrogens with one attached hydrogen (secondary N) is 1. The molecular formula is C15H13N7O2. The smallest absolute Gasteiger partial charge is 0.246 e. The SMILES string of the molecule is CN(Cc1nc(-c2cccc(O)c2)no1)c1ncnc2nc[nH]c12. The molecule has 3 heterocycles. The lowest BCUT2D eigenvalue weighted by Gasteiger charge is -2.15. The van der Waals surface area contributed by atoms with E-state index in [2.05, 4.69) is 30.1 Å². The number of hydrogen-bond acceptors (Lipinski definition) is 8. The number of phenols is 1. The minimum atomic E-state index is 0.151. The summed E-state index contributed by atoms with van der Waals surface area (Å²) in [6.45, 7) is 0.372. The molecule has 1 aromatic carbocycles. The van der Waals surface area contributed by atoms with Gasteiger partial charge in [-0.15, -0.1) is 0 Å². The van der Waals surface area contributed by atoms with Crippen LogP contribution in [0.15, 0.2) is 41.4 Å². The van der Waals surface area contributed by atoms with Gasteiger partial charge in [-0.3, -0.25) is 0 Å². The average Bonchev–Trinajstić information content (AvgIpc) is 3.23. The summed E-state index contributed by atoms with van der Waals surface area (Å²) in [6.07, 6.45) is 3.03. The van der Waals surface area contributed by atoms with Crippen LogP contribution in [0.4, 0.5) is 5.82 Å². The number of hydrogen-bond donors (Lipinski definition) is 2. The molecule has 0 aliphatic heterocycles. The molecule has 4 aromatic rings. The zero-order valence-electron chi connectivity index (χ0n) is 12.7. The molecule has 3 aromatic heterocycles. The van der Waals surface area contributed by atoms with Gasteiger partial charge in [0.15, 0.2) is 11.5 Å². The number of H-pyrrole nitrogens is 1. The Bertz CT molecular complexity index is 994. The van der Waals surface area contributed by atoms with Gasteiger partial charge in [-0.1, -0.05) is 17.3 Å². The Morgan fingerprint density at radius 3 is 3.04 bits per heavy atom. The van der Waals surface area contributed by atoms with E-state index in [1.165, 1.54) is 6.33 Å². The number of benzene rings is 1. The fraction of sp³-hybridized carbons (Fsp3) is 0.133. The number of aromatic hydroxyl groups is 1. The number of aromatic nitrogens is 6. The van der Waals surface area contributed by atoms with Crippen LogP contribution in [-0.2, 0) is 6.54 Å². The standard InChI is InChI=1S/C15H13N7O2/c1-22(15-12-14(17-7-16-12)18-8-19-15)6-11-20-13(21-24-11)9-3-2-4-10(23)5-9/h2-5,7-8,23H,6H2,1H3,(H,16,17,18,19). The number of rotatable bonds is 4. The lowest BCUT2D eigenvalue weighted by Crippen LogP contribution is -2.18. The summed E-state index contributed by atoms with van der Waals surface area (Å²) >= 11 is 0. The number of aromatic amines is 1. The third kappa shape index (κ3) is 2.51. The first-order valence-corrected chi connectivity index (χ1v) is 7.18. The fourth-order valence-electron chi connectivity index (χ4n) is 2.40. The second kappa shape index (κ2) is 5.61. The second-order valence-electron chi connectivity index (χ2n) is 5.22. The highest BCUT2D eigenvalue weighted by Gasteiger charge is 2.15. The van der Waals surface area contributed by atoms with Gasteiger partial charge in [0.2, 0.25) is 11.7 Å². The predicted molar refractivity (Wildman–Crippen MR) is 85.2 cm³/mol. The number of fused-ring (bicyclic) bond motifs is 1. The van der Waals surface area contributed by atoms with Gasteiger partial charge in [0.1, 0.15) is 17.6 Å². The van der Waals surface area contributed by atoms with Crippen molar-refractivity contribution in [1.29, 1.82) is 0 Å². The van der Waals surface area contributed by atoms with E-state index in [1.807, 2.05) is 11.9 Å². The lowest BCUT2D eigenvalue weighted by atomic mass is 10.2. The molecular weight excluding hydrogens is 310 g/mol. The zero-order chi connectivity index (χ0) is 16.5. The summed E-state index contributed by atoms with van der Waals surface area (Å²) in [6, 6.07) is 6.69. The molecule has 0 aliphatic rings. The minimum Gasteiger partial charge on any atom is -0.508 e. The number of imidazole rings is 1. The van der Waals surface area contributed by atoms with E-state index in [1.54, 1.807) is 30.6 Å². The molecule has 9 nitrogen and oxygen atoms in total. The van der Waals surface area contributed by atoms with Crippen molar-refractivity contribution >= 4 is 17.0 Å². The molecule has 0 atom stereocenters. The Morgan fingerprint density at radius 2 is 2.17 bits per heavy atom. The van der Waals surface area contributed by atoms with Crippen molar-refractivity contribution in [2.45, 2.75) is 6.54 Å². The minimum absolute atomic E-state index is 0.151. The van der Waals surface area contributed by atoms with Gasteiger partial charge in [0.05, 0.1) is 12.9 Å². The Hall–Kier alpha value is -3.49. The van der Waals surface area contributed by atoms with Crippen LogP contribution in [0.25, 0.3) is 22.6 Å². The molecule has 0 spiro atoms. The van der Waals surface area contributed by atoms with E-state index in [9.17, 15) is 5.11 Å². The van der Waals surface area contributed by atoms with Crippen LogP contribution in [0.1, 0.15) is 5.89 Å². The molecule has 0 saturated carbocycles. The number of phenolic OH excluding ortho intramolecular Hbond substituents is 1. The van der Waals surface area contributed by atoms with Crippen LogP contribution in [0.3, 0.4) is 0 Å². The van der Waals surface area contributed by atoms with Gasteiger partial charge in [-0.05, 0) is 12.1 Å². The number of nitrogens with zero attached hydrogens (tertiary/aromatic N) is 6. The molecule has 0 saturated heterocycles. The average molecular weight is 323 g/mol. The number of anilines is 1. The van der Waals surface area contributed by atoms with Crippen molar-refractivity contribution in [3.8, 4) is 17.1 Å². The third-order valence-electron chi connectivity index (χ3n) is 3.51. The van der Waals surface area contributed by atoms with Gasteiger partial charge in [0, 0.05) is 12.6 Å². The van der Waals surface area contributed by atoms with E-state index >= 15 is 0 Å². The largest absolute Gasteiger partial charge is 0.508 e. The first-order chi connectivity index (χ1) is 11.7. The second-order valence-corrected chi connectivity index (χ2v) is 5.22. The maximum absolute atomic E-state index is 9.54. The maximum Gasteiger partial charge on any atom is 0.246 e. The third-order valence-corrected chi connectivity index (χ3v) is 3.51. The van der Waals surface area contributed by atoms with Gasteiger partial charge in [-0.2, -0.15) is 4.98 Å². The highest BCUT2D eigenvalue weighted by molar-refractivity contribution is 5.82. The predicted octanol–water partition coefficient (Wildman–Crippen LogP) is 1.74. The van der Waals surface area contributed by atoms with Gasteiger partial charge in [-0.25, -0.2) is 15.0 Å². The summed E-state index contributed by atoms with van der Waals surface area (Å²) in [7, 11) is 1.86. The first-order valence-electron chi connectivity index (χ1n) is 7.18. The van der Waals surface area contributed by atoms with Crippen molar-refractivity contribution in [2.75, 3.05) is 11.9 Å². The van der Waals surface area contributed by atoms with Crippen LogP contribution in [0.5, 0.6) is 5.75 Å². The van der Waals surface area contributed by atoms with Crippen molar-refractivity contribution in [3.63, 3.8) is 0 Å². The van der Waals surface area contributed by atoms with Crippen molar-refractivity contribution in [2.24, 2.45) is 0 Å². The molecule has 0 aliphatic carbocycles. The summed E-state index contributed by atoms with van der Waals surface area (Å²) in [4.78, 5) is 21.7. The molecule has 0 radical (unpaired) electrons. The van der Waals surface area contributed by atoms with Crippen molar-refractivity contribution < 1.29 is 9.63 Å². The Balaban J connectivity index is 1.59. The van der Waals surface area contributed by atoms with Crippen LogP contribution >= 0.6 is 0 Å². The topological polar surface area (TPSA) is 117 Å². The molecule has 24 heavy (non-hydrogen) atoms. The fourth-order valence-corrected chi connectivity index (χ4v) is 2.40. The summed E-state index contributed by atoms with van der Waals surface area (Å²) in [5.74, 6) is 1.69. The Labute approximate surface area is 136 Å². The zero-order valence-corrected chi connectivity index (χ0v) is 12.7. The first kappa shape index (κ1) is 14.1. The van der Waals surface area contributed by atoms with E-state index < -0.39 is 0 Å². The van der Waals surface area contributed by atoms with E-state index in [-0.39, 0.29) is 5.75 Å². The van der Waals surface area contributed by atoms with E-state index in [0.717, 1.165) is 5.52 Å². The van der Waals surface area contributed by atoms with Crippen LogP contribution in [0, 0.1) is 0 Å². The Kier molecular flexibility index (Phi) is 3.30. The molecule has 0 unspecified atom stereocenters. The summed E-state index contributed by atoms with van der Waals surface area (Å²) < 4.78 is 5.29. The monoisotopic (exact) mass is 323 g/mol. The van der Waals surface area contributed by atoms with Crippen LogP contribution < -0.4 is 4.90 Å². The molecule has 0 fully saturated rings. The van der Waals surface area contributed by atoms with Gasteiger partial charge < -0.3 is 19.5 Å². The maximum atomic E-state index is 9.54.